The van der Waals surface area contributed by atoms with Gasteiger partial charge in [0.1, 0.15) is 0 Å². The summed E-state index contributed by atoms with van der Waals surface area (Å²) in [6.07, 6.45) is 3.06. The molecule has 0 spiro atoms. The second kappa shape index (κ2) is 6.20. The zero-order valence-corrected chi connectivity index (χ0v) is 11.9. The lowest BCUT2D eigenvalue weighted by atomic mass is 9.90. The lowest BCUT2D eigenvalue weighted by Crippen LogP contribution is -2.42. The van der Waals surface area contributed by atoms with Gasteiger partial charge in [0.15, 0.2) is 0 Å². The van der Waals surface area contributed by atoms with Gasteiger partial charge in [-0.15, -0.1) is 0 Å². The Bertz CT molecular complexity index is 417. The van der Waals surface area contributed by atoms with Gasteiger partial charge in [0, 0.05) is 24.7 Å². The molecule has 1 aromatic rings. The molecular formula is C16H24N2O. The van der Waals surface area contributed by atoms with Crippen LogP contribution in [0.15, 0.2) is 24.3 Å². The lowest BCUT2D eigenvalue weighted by molar-refractivity contribution is 0.0681. The molecular weight excluding hydrogens is 236 g/mol. The van der Waals surface area contributed by atoms with Gasteiger partial charge in [-0.25, -0.2) is 0 Å². The van der Waals surface area contributed by atoms with Crippen molar-refractivity contribution in [2.45, 2.75) is 39.2 Å². The second-order valence-electron chi connectivity index (χ2n) is 5.54. The van der Waals surface area contributed by atoms with E-state index in [-0.39, 0.29) is 11.9 Å². The first-order valence-corrected chi connectivity index (χ1v) is 7.25. The highest BCUT2D eigenvalue weighted by Crippen LogP contribution is 2.21. The first kappa shape index (κ1) is 14.1. The number of piperidine rings is 1. The molecule has 1 fully saturated rings. The van der Waals surface area contributed by atoms with Gasteiger partial charge in [0.25, 0.3) is 5.91 Å². The number of nitrogens with zero attached hydrogens (tertiary/aromatic N) is 1. The number of nitrogens with two attached hydrogens (primary N) is 1. The van der Waals surface area contributed by atoms with E-state index in [1.165, 1.54) is 5.56 Å². The van der Waals surface area contributed by atoms with Gasteiger partial charge in [-0.3, -0.25) is 4.79 Å². The van der Waals surface area contributed by atoms with Crippen molar-refractivity contribution in [3.63, 3.8) is 0 Å². The Morgan fingerprint density at radius 1 is 1.32 bits per heavy atom. The maximum atomic E-state index is 12.4. The van der Waals surface area contributed by atoms with Gasteiger partial charge in [-0.05, 0) is 49.8 Å². The van der Waals surface area contributed by atoms with Crippen LogP contribution in [0.25, 0.3) is 0 Å². The first-order chi connectivity index (χ1) is 9.11. The number of amides is 1. The number of carbonyl (C=O) groups excluding carboxylic acids is 1. The average molecular weight is 260 g/mol. The van der Waals surface area contributed by atoms with E-state index in [4.69, 9.17) is 5.73 Å². The zero-order chi connectivity index (χ0) is 13.8. The standard InChI is InChI=1S/C16H24N2O/c1-3-13-4-6-15(7-5-13)16(19)18-10-8-14(9-11-18)12(2)17/h4-7,12,14H,3,8-11,17H2,1-2H3. The summed E-state index contributed by atoms with van der Waals surface area (Å²) >= 11 is 0. The van der Waals surface area contributed by atoms with Crippen molar-refractivity contribution in [3.05, 3.63) is 35.4 Å². The predicted molar refractivity (Wildman–Crippen MR) is 78.1 cm³/mol. The summed E-state index contributed by atoms with van der Waals surface area (Å²) in [6, 6.07) is 8.21. The van der Waals surface area contributed by atoms with Crippen molar-refractivity contribution in [1.82, 2.24) is 4.90 Å². The highest BCUT2D eigenvalue weighted by Gasteiger charge is 2.25. The van der Waals surface area contributed by atoms with Crippen molar-refractivity contribution in [2.24, 2.45) is 11.7 Å². The van der Waals surface area contributed by atoms with Crippen LogP contribution in [-0.2, 0) is 6.42 Å². The molecule has 1 atom stereocenters. The number of rotatable bonds is 3. The summed E-state index contributed by atoms with van der Waals surface area (Å²) in [5.41, 5.74) is 8.00. The minimum atomic E-state index is 0.158. The Morgan fingerprint density at radius 2 is 1.89 bits per heavy atom. The molecule has 1 amide bonds. The highest BCUT2D eigenvalue weighted by molar-refractivity contribution is 5.94. The lowest BCUT2D eigenvalue weighted by Gasteiger charge is -2.33. The number of aryl methyl sites for hydroxylation is 1. The van der Waals surface area contributed by atoms with Gasteiger partial charge in [0.05, 0.1) is 0 Å². The summed E-state index contributed by atoms with van der Waals surface area (Å²) in [4.78, 5) is 14.3. The summed E-state index contributed by atoms with van der Waals surface area (Å²) in [5.74, 6) is 0.720. The molecule has 3 nitrogen and oxygen atoms in total. The predicted octanol–water partition coefficient (Wildman–Crippen LogP) is 2.45. The molecule has 2 rings (SSSR count). The average Bonchev–Trinajstić information content (AvgIpc) is 2.46. The van der Waals surface area contributed by atoms with E-state index in [2.05, 4.69) is 13.8 Å². The number of likely N-dealkylation sites (tertiary alicyclic amines) is 1. The van der Waals surface area contributed by atoms with Crippen molar-refractivity contribution < 1.29 is 4.79 Å². The van der Waals surface area contributed by atoms with Crippen molar-refractivity contribution in [2.75, 3.05) is 13.1 Å². The number of hydrogen-bond donors (Lipinski definition) is 1. The van der Waals surface area contributed by atoms with Crippen molar-refractivity contribution in [3.8, 4) is 0 Å². The largest absolute Gasteiger partial charge is 0.339 e. The Morgan fingerprint density at radius 3 is 2.37 bits per heavy atom. The Kier molecular flexibility index (Phi) is 4.59. The Labute approximate surface area is 115 Å². The molecule has 1 aromatic carbocycles. The zero-order valence-electron chi connectivity index (χ0n) is 11.9. The van der Waals surface area contributed by atoms with E-state index in [1.54, 1.807) is 0 Å². The van der Waals surface area contributed by atoms with E-state index in [0.717, 1.165) is 37.9 Å². The molecule has 0 aromatic heterocycles. The van der Waals surface area contributed by atoms with Crippen molar-refractivity contribution >= 4 is 5.91 Å². The quantitative estimate of drug-likeness (QED) is 0.907. The Balaban J connectivity index is 1.97. The number of carbonyl (C=O) groups is 1. The van der Waals surface area contributed by atoms with Gasteiger partial charge < -0.3 is 10.6 Å². The maximum absolute atomic E-state index is 12.4. The van der Waals surface area contributed by atoms with Crippen LogP contribution in [0.3, 0.4) is 0 Å². The molecule has 1 aliphatic heterocycles. The van der Waals surface area contributed by atoms with Crippen LogP contribution in [-0.4, -0.2) is 29.9 Å². The molecule has 1 aliphatic rings. The SMILES string of the molecule is CCc1ccc(C(=O)N2CCC(C(C)N)CC2)cc1. The maximum Gasteiger partial charge on any atom is 0.253 e. The smallest absolute Gasteiger partial charge is 0.253 e. The summed E-state index contributed by atoms with van der Waals surface area (Å²) in [7, 11) is 0. The molecule has 2 N–H and O–H groups in total. The van der Waals surface area contributed by atoms with E-state index in [9.17, 15) is 4.79 Å². The monoisotopic (exact) mass is 260 g/mol. The first-order valence-electron chi connectivity index (χ1n) is 7.25. The normalized spacial score (nSPS) is 18.4. The molecule has 1 unspecified atom stereocenters. The molecule has 0 saturated carbocycles. The third-order valence-electron chi connectivity index (χ3n) is 4.18. The minimum Gasteiger partial charge on any atom is -0.339 e. The number of benzene rings is 1. The van der Waals surface area contributed by atoms with Gasteiger partial charge in [-0.2, -0.15) is 0 Å². The van der Waals surface area contributed by atoms with Crippen LogP contribution in [0.4, 0.5) is 0 Å². The Hall–Kier alpha value is -1.35. The third kappa shape index (κ3) is 3.35. The molecule has 1 saturated heterocycles. The van der Waals surface area contributed by atoms with E-state index >= 15 is 0 Å². The van der Waals surface area contributed by atoms with Crippen LogP contribution in [0.2, 0.25) is 0 Å². The fourth-order valence-electron chi connectivity index (χ4n) is 2.69. The molecule has 0 aliphatic carbocycles. The van der Waals surface area contributed by atoms with Crippen LogP contribution < -0.4 is 5.73 Å². The molecule has 3 heteroatoms. The number of hydrogen-bond acceptors (Lipinski definition) is 2. The van der Waals surface area contributed by atoms with Crippen LogP contribution in [0, 0.1) is 5.92 Å². The van der Waals surface area contributed by atoms with Gasteiger partial charge >= 0.3 is 0 Å². The van der Waals surface area contributed by atoms with E-state index < -0.39 is 0 Å². The third-order valence-corrected chi connectivity index (χ3v) is 4.18. The highest BCUT2D eigenvalue weighted by atomic mass is 16.2. The van der Waals surface area contributed by atoms with Crippen LogP contribution >= 0.6 is 0 Å². The molecule has 0 bridgehead atoms. The van der Waals surface area contributed by atoms with Gasteiger partial charge in [0.2, 0.25) is 0 Å². The molecule has 19 heavy (non-hydrogen) atoms. The van der Waals surface area contributed by atoms with Gasteiger partial charge in [-0.1, -0.05) is 19.1 Å². The molecule has 1 heterocycles. The van der Waals surface area contributed by atoms with E-state index in [0.29, 0.717) is 5.92 Å². The second-order valence-corrected chi connectivity index (χ2v) is 5.54. The molecule has 104 valence electrons. The summed E-state index contributed by atoms with van der Waals surface area (Å²) < 4.78 is 0. The summed E-state index contributed by atoms with van der Waals surface area (Å²) in [6.45, 7) is 5.85. The fraction of sp³-hybridized carbons (Fsp3) is 0.562. The topological polar surface area (TPSA) is 46.3 Å². The van der Waals surface area contributed by atoms with Crippen molar-refractivity contribution in [1.29, 1.82) is 0 Å². The fourth-order valence-corrected chi connectivity index (χ4v) is 2.69. The van der Waals surface area contributed by atoms with Crippen LogP contribution in [0.5, 0.6) is 0 Å². The summed E-state index contributed by atoms with van der Waals surface area (Å²) in [5, 5.41) is 0. The van der Waals surface area contributed by atoms with E-state index in [1.807, 2.05) is 29.2 Å². The van der Waals surface area contributed by atoms with Crippen LogP contribution in [0.1, 0.15) is 42.6 Å². The molecule has 0 radical (unpaired) electrons. The minimum absolute atomic E-state index is 0.158.